The van der Waals surface area contributed by atoms with Crippen LogP contribution in [0.1, 0.15) is 41.5 Å². The molecule has 0 fully saturated rings. The third kappa shape index (κ3) is 197. The quantitative estimate of drug-likeness (QED) is 0.165. The van der Waals surface area contributed by atoms with E-state index in [-0.39, 0.29) is 55.1 Å². The molecule has 0 heterocycles. The molecule has 0 aliphatic carbocycles. The SMILES string of the molecule is CC(=O)[O-].CC(=O)[O-].CC(=O)[O-].CC(=O)[O-].CC(=O)[O-].CC(=O)[O-].O=[N+]([O-])O.O=[N+]([O-])c1ccccc1[N+](=O)[O-].[La+3].[Ru+3]. The van der Waals surface area contributed by atoms with Gasteiger partial charge in [0.05, 0.1) is 9.85 Å². The van der Waals surface area contributed by atoms with Crippen LogP contribution in [0, 0.1) is 65.9 Å². The smallest absolute Gasteiger partial charge is 0.550 e. The zero-order chi connectivity index (χ0) is 34.2. The molecule has 1 rings (SSSR count). The summed E-state index contributed by atoms with van der Waals surface area (Å²) in [5.74, 6) is -6.50. The summed E-state index contributed by atoms with van der Waals surface area (Å²) >= 11 is 0. The summed E-state index contributed by atoms with van der Waals surface area (Å²) in [6.45, 7) is 5.83. The van der Waals surface area contributed by atoms with Gasteiger partial charge in [-0.2, -0.15) is 0 Å². The van der Waals surface area contributed by atoms with E-state index in [9.17, 15) is 20.2 Å². The summed E-state index contributed by atoms with van der Waals surface area (Å²) in [5.41, 5.74) is -0.968. The Labute approximate surface area is 276 Å². The fourth-order valence-corrected chi connectivity index (χ4v) is 0.773. The van der Waals surface area contributed by atoms with Gasteiger partial charge in [0.25, 0.3) is 5.09 Å². The summed E-state index contributed by atoms with van der Waals surface area (Å²) in [5, 5.41) is 87.4. The van der Waals surface area contributed by atoms with Crippen molar-refractivity contribution in [2.45, 2.75) is 41.5 Å². The van der Waals surface area contributed by atoms with Crippen molar-refractivity contribution in [3.63, 3.8) is 0 Å². The van der Waals surface area contributed by atoms with Crippen LogP contribution in [0.5, 0.6) is 0 Å². The van der Waals surface area contributed by atoms with Gasteiger partial charge in [-0.25, -0.2) is 0 Å². The predicted molar refractivity (Wildman–Crippen MR) is 113 cm³/mol. The number of para-hydroxylation sites is 2. The number of carboxylic acids is 6. The molecule has 1 aromatic carbocycles. The Kier molecular flexibility index (Phi) is 64.5. The monoisotopic (exact) mass is 826 g/mol. The second-order valence-electron chi connectivity index (χ2n) is 5.19. The average Bonchev–Trinajstić information content (AvgIpc) is 2.64. The number of benzene rings is 1. The topological polar surface area (TPSA) is 390 Å². The third-order valence-electron chi connectivity index (χ3n) is 1.28. The molecular formula is C18H23LaN3O19Ru. The zero-order valence-electron chi connectivity index (χ0n) is 22.4. The van der Waals surface area contributed by atoms with E-state index in [1.165, 1.54) is 12.1 Å². The molecule has 0 spiro atoms. The molecule has 42 heavy (non-hydrogen) atoms. The minimum absolute atomic E-state index is 0. The first-order valence-corrected chi connectivity index (χ1v) is 9.02. The first-order chi connectivity index (χ1) is 17.8. The van der Waals surface area contributed by atoms with Crippen LogP contribution >= 0.6 is 0 Å². The van der Waals surface area contributed by atoms with Gasteiger partial charge in [0.2, 0.25) is 0 Å². The van der Waals surface area contributed by atoms with Crippen molar-refractivity contribution < 1.29 is 135 Å². The Bertz CT molecular complexity index is 781. The van der Waals surface area contributed by atoms with Crippen molar-refractivity contribution in [1.82, 2.24) is 0 Å². The van der Waals surface area contributed by atoms with Crippen molar-refractivity contribution >= 4 is 47.2 Å². The Morgan fingerprint density at radius 2 is 0.619 bits per heavy atom. The molecule has 0 amide bonds. The fraction of sp³-hybridized carbons (Fsp3) is 0.333. The number of nitro groups is 2. The van der Waals surface area contributed by atoms with E-state index in [1.54, 1.807) is 0 Å². The maximum absolute atomic E-state index is 10.2. The number of hydrogen-bond acceptors (Lipinski definition) is 18. The minimum atomic E-state index is -1.50. The van der Waals surface area contributed by atoms with Crippen LogP contribution in [-0.4, -0.2) is 56.0 Å². The number of aliphatic carboxylic acids is 6. The van der Waals surface area contributed by atoms with Gasteiger partial charge in [-0.1, -0.05) is 12.1 Å². The minimum Gasteiger partial charge on any atom is -0.550 e. The van der Waals surface area contributed by atoms with Crippen LogP contribution < -0.4 is 30.6 Å². The van der Waals surface area contributed by atoms with E-state index in [0.717, 1.165) is 53.7 Å². The van der Waals surface area contributed by atoms with E-state index in [2.05, 4.69) is 0 Å². The molecular weight excluding hydrogens is 802 g/mol. The van der Waals surface area contributed by atoms with Gasteiger partial charge in [-0.3, -0.25) is 20.2 Å². The van der Waals surface area contributed by atoms with Crippen LogP contribution in [0.15, 0.2) is 24.3 Å². The Morgan fingerprint density at radius 3 is 0.690 bits per heavy atom. The standard InChI is InChI=1S/C6H4N2O4.6C2H4O2.La.HNO3.Ru/c9-7(10)5-3-1-2-4-6(5)8(11)12;6*1-2(3)4;;2-1(3)4;/h1-4H;6*1H3,(H,3,4);;(H,2,3,4);/q;;;;;;;+3;;+3/p-6. The first kappa shape index (κ1) is 61.8. The van der Waals surface area contributed by atoms with Gasteiger partial charge in [0.15, 0.2) is 0 Å². The van der Waals surface area contributed by atoms with Gasteiger partial charge >= 0.3 is 66.5 Å². The summed E-state index contributed by atoms with van der Waals surface area (Å²) in [7, 11) is 0. The summed E-state index contributed by atoms with van der Waals surface area (Å²) in [6, 6.07) is 4.95. The number of hydrogen-bond donors (Lipinski definition) is 1. The normalized spacial score (nSPS) is 6.81. The van der Waals surface area contributed by atoms with Crippen molar-refractivity contribution in [1.29, 1.82) is 0 Å². The Morgan fingerprint density at radius 1 is 0.524 bits per heavy atom. The average molecular weight is 825 g/mol. The number of rotatable bonds is 2. The van der Waals surface area contributed by atoms with E-state index in [1.807, 2.05) is 0 Å². The number of carboxylic acid groups (broad SMARTS) is 6. The maximum Gasteiger partial charge on any atom is 3.00 e. The molecule has 0 aliphatic rings. The number of carbonyl (C=O) groups excluding carboxylic acids is 6. The van der Waals surface area contributed by atoms with E-state index >= 15 is 0 Å². The van der Waals surface area contributed by atoms with Crippen LogP contribution in [0.3, 0.4) is 0 Å². The second kappa shape index (κ2) is 43.9. The van der Waals surface area contributed by atoms with Crippen molar-refractivity contribution in [3.05, 3.63) is 54.6 Å². The van der Waals surface area contributed by atoms with Crippen LogP contribution in [0.2, 0.25) is 0 Å². The molecule has 0 bridgehead atoms. The van der Waals surface area contributed by atoms with E-state index in [4.69, 9.17) is 74.7 Å². The second-order valence-corrected chi connectivity index (χ2v) is 5.19. The van der Waals surface area contributed by atoms with Crippen molar-refractivity contribution in [3.8, 4) is 0 Å². The van der Waals surface area contributed by atoms with Crippen molar-refractivity contribution in [2.24, 2.45) is 0 Å². The molecule has 1 aromatic rings. The van der Waals surface area contributed by atoms with Gasteiger partial charge in [0, 0.05) is 47.9 Å². The first-order valence-electron chi connectivity index (χ1n) is 9.02. The zero-order valence-corrected chi connectivity index (χ0v) is 27.7. The van der Waals surface area contributed by atoms with Gasteiger partial charge in [0.1, 0.15) is 0 Å². The molecule has 1 N–H and O–H groups in total. The van der Waals surface area contributed by atoms with E-state index < -0.39 is 62.1 Å². The molecule has 0 unspecified atom stereocenters. The van der Waals surface area contributed by atoms with Gasteiger partial charge < -0.3 is 64.6 Å². The fourth-order valence-electron chi connectivity index (χ4n) is 0.773. The molecule has 0 atom stereocenters. The summed E-state index contributed by atoms with van der Waals surface area (Å²) in [4.78, 5) is 80.6. The van der Waals surface area contributed by atoms with Crippen LogP contribution in [-0.2, 0) is 48.2 Å². The number of carbonyl (C=O) groups is 6. The van der Waals surface area contributed by atoms with Gasteiger partial charge in [-0.05, 0) is 41.5 Å². The number of nitrogens with zero attached hydrogens (tertiary/aromatic N) is 3. The van der Waals surface area contributed by atoms with Crippen LogP contribution in [0.4, 0.5) is 11.4 Å². The largest absolute Gasteiger partial charge is 3.00 e. The molecule has 235 valence electrons. The molecule has 0 saturated carbocycles. The summed E-state index contributed by atoms with van der Waals surface area (Å²) < 4.78 is 0. The predicted octanol–water partition coefficient (Wildman–Crippen LogP) is -6.31. The number of nitro benzene ring substituents is 2. The van der Waals surface area contributed by atoms with Crippen molar-refractivity contribution in [2.75, 3.05) is 0 Å². The maximum atomic E-state index is 10.2. The van der Waals surface area contributed by atoms with Crippen LogP contribution in [0.25, 0.3) is 0 Å². The molecule has 1 radical (unpaired) electrons. The van der Waals surface area contributed by atoms with Gasteiger partial charge in [-0.15, -0.1) is 10.1 Å². The Hall–Kier alpha value is -4.14. The molecule has 0 aliphatic heterocycles. The Balaban J connectivity index is -0.0000000449. The summed E-state index contributed by atoms with van der Waals surface area (Å²) in [6.07, 6.45) is 0. The molecule has 22 nitrogen and oxygen atoms in total. The molecule has 24 heteroatoms. The molecule has 0 aromatic heterocycles. The third-order valence-corrected chi connectivity index (χ3v) is 1.28. The molecule has 0 saturated heterocycles. The van der Waals surface area contributed by atoms with E-state index in [0.29, 0.717) is 0 Å².